The number of ether oxygens (including phenoxy) is 1. The molecule has 2 heteroatoms. The molecule has 7 atom stereocenters. The van der Waals surface area contributed by atoms with Gasteiger partial charge in [-0.25, -0.2) is 0 Å². The lowest BCUT2D eigenvalue weighted by atomic mass is 9.69. The van der Waals surface area contributed by atoms with Crippen molar-refractivity contribution in [2.45, 2.75) is 57.0 Å². The van der Waals surface area contributed by atoms with Gasteiger partial charge in [-0.1, -0.05) is 12.2 Å². The van der Waals surface area contributed by atoms with Crippen LogP contribution in [-0.2, 0) is 9.53 Å². The van der Waals surface area contributed by atoms with Gasteiger partial charge in [0.15, 0.2) is 0 Å². The van der Waals surface area contributed by atoms with E-state index in [1.165, 1.54) is 32.1 Å². The number of carbonyl (C=O) groups excluding carboxylic acids is 1. The van der Waals surface area contributed by atoms with E-state index in [1.807, 2.05) is 0 Å². The highest BCUT2D eigenvalue weighted by atomic mass is 16.6. The SMILES string of the molecule is O=C(OC12CCC(CC1)C2)C1CC2CC1C1C3C=CC(C3)C21. The van der Waals surface area contributed by atoms with Gasteiger partial charge >= 0.3 is 5.97 Å². The highest BCUT2D eigenvalue weighted by Crippen LogP contribution is 2.67. The zero-order chi connectivity index (χ0) is 14.5. The molecule has 0 aromatic heterocycles. The summed E-state index contributed by atoms with van der Waals surface area (Å²) < 4.78 is 6.20. The van der Waals surface area contributed by atoms with Gasteiger partial charge in [0.1, 0.15) is 5.60 Å². The maximum absolute atomic E-state index is 12.9. The topological polar surface area (TPSA) is 26.3 Å². The molecule has 0 aliphatic heterocycles. The molecule has 0 heterocycles. The number of fused-ring (bicyclic) bond motifs is 11. The van der Waals surface area contributed by atoms with Crippen molar-refractivity contribution in [3.8, 4) is 0 Å². The van der Waals surface area contributed by atoms with Crippen molar-refractivity contribution in [3.63, 3.8) is 0 Å². The zero-order valence-corrected chi connectivity index (χ0v) is 13.2. The predicted molar refractivity (Wildman–Crippen MR) is 82.8 cm³/mol. The second-order valence-electron chi connectivity index (χ2n) is 9.36. The smallest absolute Gasteiger partial charge is 0.309 e. The number of hydrogen-bond donors (Lipinski definition) is 0. The number of esters is 1. The quantitative estimate of drug-likeness (QED) is 0.438. The molecule has 22 heavy (non-hydrogen) atoms. The van der Waals surface area contributed by atoms with E-state index in [0.717, 1.165) is 54.8 Å². The van der Waals surface area contributed by atoms with Crippen LogP contribution in [0.25, 0.3) is 0 Å². The zero-order valence-electron chi connectivity index (χ0n) is 13.2. The molecular weight excluding hydrogens is 272 g/mol. The highest BCUT2D eigenvalue weighted by Gasteiger charge is 2.63. The molecule has 6 rings (SSSR count). The minimum atomic E-state index is -0.0302. The monoisotopic (exact) mass is 298 g/mol. The van der Waals surface area contributed by atoms with Gasteiger partial charge in [0, 0.05) is 0 Å². The Morgan fingerprint density at radius 2 is 1.77 bits per heavy atom. The molecule has 0 aromatic rings. The molecule has 5 saturated carbocycles. The Kier molecular flexibility index (Phi) is 2.29. The van der Waals surface area contributed by atoms with Gasteiger partial charge in [-0.3, -0.25) is 4.79 Å². The van der Waals surface area contributed by atoms with Crippen LogP contribution in [0.3, 0.4) is 0 Å². The number of rotatable bonds is 2. The van der Waals surface area contributed by atoms with E-state index >= 15 is 0 Å². The van der Waals surface area contributed by atoms with Crippen LogP contribution in [0.15, 0.2) is 12.2 Å². The van der Waals surface area contributed by atoms with Crippen molar-refractivity contribution in [3.05, 3.63) is 12.2 Å². The minimum Gasteiger partial charge on any atom is -0.459 e. The first-order valence-corrected chi connectivity index (χ1v) is 9.64. The van der Waals surface area contributed by atoms with E-state index in [-0.39, 0.29) is 17.5 Å². The van der Waals surface area contributed by atoms with E-state index in [2.05, 4.69) is 12.2 Å². The van der Waals surface area contributed by atoms with Gasteiger partial charge in [0.05, 0.1) is 5.92 Å². The van der Waals surface area contributed by atoms with Crippen LogP contribution in [0, 0.1) is 47.3 Å². The third kappa shape index (κ3) is 1.45. The summed E-state index contributed by atoms with van der Waals surface area (Å²) in [5.74, 6) is 6.16. The molecule has 0 aromatic carbocycles. The third-order valence-corrected chi connectivity index (χ3v) is 8.57. The maximum Gasteiger partial charge on any atom is 0.309 e. The molecule has 118 valence electrons. The van der Waals surface area contributed by atoms with Crippen molar-refractivity contribution in [1.82, 2.24) is 0 Å². The highest BCUT2D eigenvalue weighted by molar-refractivity contribution is 5.74. The molecule has 0 spiro atoms. The van der Waals surface area contributed by atoms with Crippen LogP contribution in [0.5, 0.6) is 0 Å². The van der Waals surface area contributed by atoms with Crippen LogP contribution in [0.1, 0.15) is 51.4 Å². The van der Waals surface area contributed by atoms with Crippen LogP contribution < -0.4 is 0 Å². The summed E-state index contributed by atoms with van der Waals surface area (Å²) in [7, 11) is 0. The van der Waals surface area contributed by atoms with E-state index in [0.29, 0.717) is 5.92 Å². The molecule has 0 N–H and O–H groups in total. The average Bonchev–Trinajstić information content (AvgIpc) is 3.30. The Hall–Kier alpha value is -0.790. The lowest BCUT2D eigenvalue weighted by molar-refractivity contribution is -0.167. The Balaban J connectivity index is 1.22. The summed E-state index contributed by atoms with van der Waals surface area (Å²) in [5, 5.41) is 0. The van der Waals surface area contributed by atoms with Crippen molar-refractivity contribution < 1.29 is 9.53 Å². The minimum absolute atomic E-state index is 0.0302. The summed E-state index contributed by atoms with van der Waals surface area (Å²) in [6, 6.07) is 0. The fourth-order valence-corrected chi connectivity index (χ4v) is 7.86. The molecule has 7 unspecified atom stereocenters. The summed E-state index contributed by atoms with van der Waals surface area (Å²) in [6.07, 6.45) is 14.8. The first-order valence-electron chi connectivity index (χ1n) is 9.64. The van der Waals surface area contributed by atoms with E-state index in [1.54, 1.807) is 0 Å². The van der Waals surface area contributed by atoms with Gasteiger partial charge in [-0.05, 0) is 92.8 Å². The standard InChI is InChI=1S/C20H26O2/c21-19(22-20-5-3-11(10-20)4-6-20)16-9-14-8-15(16)18-13-2-1-12(7-13)17(14)18/h1-2,11-18H,3-10H2. The van der Waals surface area contributed by atoms with Crippen LogP contribution >= 0.6 is 0 Å². The number of carbonyl (C=O) groups is 1. The lowest BCUT2D eigenvalue weighted by Crippen LogP contribution is -2.39. The van der Waals surface area contributed by atoms with Gasteiger partial charge in [0.2, 0.25) is 0 Å². The van der Waals surface area contributed by atoms with Crippen molar-refractivity contribution >= 4 is 5.97 Å². The van der Waals surface area contributed by atoms with Gasteiger partial charge in [0.25, 0.3) is 0 Å². The first-order chi connectivity index (χ1) is 10.7. The number of hydrogen-bond acceptors (Lipinski definition) is 2. The normalized spacial score (nSPS) is 59.5. The van der Waals surface area contributed by atoms with Gasteiger partial charge in [-0.2, -0.15) is 0 Å². The molecule has 0 amide bonds. The number of allylic oxidation sites excluding steroid dienone is 2. The van der Waals surface area contributed by atoms with Gasteiger partial charge in [-0.15, -0.1) is 0 Å². The van der Waals surface area contributed by atoms with Crippen molar-refractivity contribution in [1.29, 1.82) is 0 Å². The molecular formula is C20H26O2. The summed E-state index contributed by atoms with van der Waals surface area (Å²) in [4.78, 5) is 12.9. The summed E-state index contributed by atoms with van der Waals surface area (Å²) in [5.41, 5.74) is -0.0302. The molecule has 6 bridgehead atoms. The van der Waals surface area contributed by atoms with E-state index in [9.17, 15) is 4.79 Å². The fourth-order valence-electron chi connectivity index (χ4n) is 7.86. The van der Waals surface area contributed by atoms with Crippen molar-refractivity contribution in [2.75, 3.05) is 0 Å². The molecule has 6 aliphatic carbocycles. The second-order valence-corrected chi connectivity index (χ2v) is 9.36. The van der Waals surface area contributed by atoms with Crippen LogP contribution in [-0.4, -0.2) is 11.6 Å². The molecule has 6 aliphatic rings. The second kappa shape index (κ2) is 3.99. The fraction of sp³-hybridized carbons (Fsp3) is 0.850. The molecule has 5 fully saturated rings. The first kappa shape index (κ1) is 12.6. The average molecular weight is 298 g/mol. The summed E-state index contributed by atoms with van der Waals surface area (Å²) >= 11 is 0. The predicted octanol–water partition coefficient (Wildman–Crippen LogP) is 3.96. The lowest BCUT2D eigenvalue weighted by Gasteiger charge is -2.37. The Labute approximate surface area is 132 Å². The summed E-state index contributed by atoms with van der Waals surface area (Å²) in [6.45, 7) is 0. The Morgan fingerprint density at radius 1 is 1.00 bits per heavy atom. The molecule has 0 saturated heterocycles. The van der Waals surface area contributed by atoms with E-state index < -0.39 is 0 Å². The van der Waals surface area contributed by atoms with Crippen LogP contribution in [0.4, 0.5) is 0 Å². The van der Waals surface area contributed by atoms with Crippen LogP contribution in [0.2, 0.25) is 0 Å². The third-order valence-electron chi connectivity index (χ3n) is 8.57. The molecule has 2 nitrogen and oxygen atoms in total. The maximum atomic E-state index is 12.9. The largest absolute Gasteiger partial charge is 0.459 e. The van der Waals surface area contributed by atoms with Crippen molar-refractivity contribution in [2.24, 2.45) is 47.3 Å². The van der Waals surface area contributed by atoms with Gasteiger partial charge < -0.3 is 4.74 Å². The Bertz CT molecular complexity index is 556. The Morgan fingerprint density at radius 3 is 2.50 bits per heavy atom. The van der Waals surface area contributed by atoms with E-state index in [4.69, 9.17) is 4.74 Å². The molecule has 0 radical (unpaired) electrons.